The van der Waals surface area contributed by atoms with E-state index in [1.807, 2.05) is 10.6 Å². The molecule has 3 aromatic rings. The van der Waals surface area contributed by atoms with Gasteiger partial charge in [-0.15, -0.1) is 11.6 Å². The van der Waals surface area contributed by atoms with Crippen LogP contribution in [0.25, 0.3) is 11.2 Å². The van der Waals surface area contributed by atoms with Gasteiger partial charge in [0.05, 0.1) is 11.6 Å². The lowest BCUT2D eigenvalue weighted by Gasteiger charge is -2.08. The average molecular weight is 324 g/mol. The molecule has 0 spiro atoms. The molecule has 2 heterocycles. The number of aryl methyl sites for hydroxylation is 1. The molecule has 0 aliphatic rings. The molecule has 0 atom stereocenters. The van der Waals surface area contributed by atoms with Crippen LogP contribution in [0.1, 0.15) is 11.4 Å². The zero-order valence-electron chi connectivity index (χ0n) is 11.1. The van der Waals surface area contributed by atoms with E-state index in [4.69, 9.17) is 23.2 Å². The number of hydrogen-bond acceptors (Lipinski definition) is 2. The molecule has 0 unspecified atom stereocenters. The second-order valence-corrected chi connectivity index (χ2v) is 5.46. The fourth-order valence-corrected chi connectivity index (χ4v) is 2.59. The Morgan fingerprint density at radius 1 is 1.24 bits per heavy atom. The van der Waals surface area contributed by atoms with Gasteiger partial charge >= 0.3 is 0 Å². The first-order valence-corrected chi connectivity index (χ1v) is 7.40. The minimum Gasteiger partial charge on any atom is -0.308 e. The molecule has 1 aromatic carbocycles. The Labute approximate surface area is 131 Å². The molecule has 0 radical (unpaired) electrons. The van der Waals surface area contributed by atoms with E-state index in [1.54, 1.807) is 24.4 Å². The summed E-state index contributed by atoms with van der Waals surface area (Å²) < 4.78 is 15.7. The first-order chi connectivity index (χ1) is 10.2. The molecule has 3 rings (SSSR count). The van der Waals surface area contributed by atoms with Crippen molar-refractivity contribution < 1.29 is 4.39 Å². The van der Waals surface area contributed by atoms with Crippen molar-refractivity contribution in [2.45, 2.75) is 13.0 Å². The van der Waals surface area contributed by atoms with Gasteiger partial charge in [-0.25, -0.2) is 14.4 Å². The molecule has 0 aliphatic carbocycles. The van der Waals surface area contributed by atoms with Crippen LogP contribution in [0.15, 0.2) is 36.5 Å². The summed E-state index contributed by atoms with van der Waals surface area (Å²) in [5.74, 6) is 0.970. The monoisotopic (exact) mass is 323 g/mol. The molecular weight excluding hydrogens is 312 g/mol. The molecular formula is C15H12Cl2FN3. The van der Waals surface area contributed by atoms with E-state index in [2.05, 4.69) is 9.97 Å². The van der Waals surface area contributed by atoms with Crippen LogP contribution in [-0.2, 0) is 13.0 Å². The second kappa shape index (κ2) is 6.00. The predicted octanol–water partition coefficient (Wildman–Crippen LogP) is 4.05. The Morgan fingerprint density at radius 3 is 2.81 bits per heavy atom. The molecule has 6 heteroatoms. The lowest BCUT2D eigenvalue weighted by molar-refractivity contribution is 0.597. The topological polar surface area (TPSA) is 30.7 Å². The summed E-state index contributed by atoms with van der Waals surface area (Å²) in [7, 11) is 0. The Bertz CT molecular complexity index is 786. The number of hydrogen-bond donors (Lipinski definition) is 0. The van der Waals surface area contributed by atoms with Crippen LogP contribution in [0, 0.1) is 5.82 Å². The fourth-order valence-electron chi connectivity index (χ4n) is 2.27. The summed E-state index contributed by atoms with van der Waals surface area (Å²) in [5.41, 5.74) is 1.96. The summed E-state index contributed by atoms with van der Waals surface area (Å²) in [5, 5.41) is 0.524. The van der Waals surface area contributed by atoms with Gasteiger partial charge in [0.25, 0.3) is 0 Å². The Kier molecular flexibility index (Phi) is 4.08. The maximum absolute atomic E-state index is 13.9. The smallest absolute Gasteiger partial charge is 0.160 e. The maximum Gasteiger partial charge on any atom is 0.160 e. The lowest BCUT2D eigenvalue weighted by atomic mass is 10.2. The van der Waals surface area contributed by atoms with Gasteiger partial charge in [-0.05, 0) is 12.1 Å². The van der Waals surface area contributed by atoms with Gasteiger partial charge in [0, 0.05) is 24.1 Å². The van der Waals surface area contributed by atoms with E-state index in [-0.39, 0.29) is 5.82 Å². The van der Waals surface area contributed by atoms with E-state index in [0.29, 0.717) is 40.6 Å². The highest BCUT2D eigenvalue weighted by molar-refractivity contribution is 6.31. The minimum absolute atomic E-state index is 0.245. The van der Waals surface area contributed by atoms with Crippen molar-refractivity contribution in [1.29, 1.82) is 0 Å². The molecule has 0 saturated carbocycles. The van der Waals surface area contributed by atoms with Crippen molar-refractivity contribution in [3.63, 3.8) is 0 Å². The van der Waals surface area contributed by atoms with Gasteiger partial charge in [0.2, 0.25) is 0 Å². The first-order valence-electron chi connectivity index (χ1n) is 6.49. The van der Waals surface area contributed by atoms with Crippen LogP contribution in [0.4, 0.5) is 4.39 Å². The van der Waals surface area contributed by atoms with Crippen LogP contribution < -0.4 is 0 Å². The molecule has 0 fully saturated rings. The van der Waals surface area contributed by atoms with Gasteiger partial charge in [0.1, 0.15) is 17.2 Å². The van der Waals surface area contributed by atoms with E-state index in [0.717, 1.165) is 5.82 Å². The highest BCUT2D eigenvalue weighted by Crippen LogP contribution is 2.20. The first kappa shape index (κ1) is 14.3. The van der Waals surface area contributed by atoms with Crippen LogP contribution in [0.3, 0.4) is 0 Å². The lowest BCUT2D eigenvalue weighted by Crippen LogP contribution is -2.08. The molecule has 21 heavy (non-hydrogen) atoms. The van der Waals surface area contributed by atoms with Crippen molar-refractivity contribution in [1.82, 2.24) is 14.5 Å². The molecule has 0 aliphatic heterocycles. The Hall–Kier alpha value is -1.65. The number of benzene rings is 1. The largest absolute Gasteiger partial charge is 0.308 e. The summed E-state index contributed by atoms with van der Waals surface area (Å²) in [6, 6.07) is 8.42. The summed E-state index contributed by atoms with van der Waals surface area (Å²) >= 11 is 11.8. The molecule has 3 nitrogen and oxygen atoms in total. The Morgan fingerprint density at radius 2 is 2.05 bits per heavy atom. The number of pyridine rings is 1. The van der Waals surface area contributed by atoms with Gasteiger partial charge in [-0.3, -0.25) is 0 Å². The quantitative estimate of drug-likeness (QED) is 0.678. The van der Waals surface area contributed by atoms with Crippen LogP contribution in [-0.4, -0.2) is 20.4 Å². The molecule has 108 valence electrons. The third-order valence-corrected chi connectivity index (χ3v) is 3.63. The van der Waals surface area contributed by atoms with Gasteiger partial charge in [-0.2, -0.15) is 0 Å². The van der Waals surface area contributed by atoms with Crippen molar-refractivity contribution in [2.24, 2.45) is 0 Å². The number of aromatic nitrogens is 3. The van der Waals surface area contributed by atoms with E-state index >= 15 is 0 Å². The third-order valence-electron chi connectivity index (χ3n) is 3.24. The average Bonchev–Trinajstić information content (AvgIpc) is 2.79. The summed E-state index contributed by atoms with van der Waals surface area (Å²) in [6.07, 6.45) is 2.15. The number of fused-ring (bicyclic) bond motifs is 1. The number of alkyl halides is 1. The standard InChI is InChI=1S/C15H12Cl2FN3/c16-6-5-14-20-13-7-11(17)8-19-15(13)21(14)9-10-3-1-2-4-12(10)18/h1-4,7-8H,5-6,9H2. The molecule has 0 saturated heterocycles. The normalized spacial score (nSPS) is 11.2. The number of rotatable bonds is 4. The Balaban J connectivity index is 2.11. The van der Waals surface area contributed by atoms with Crippen molar-refractivity contribution >= 4 is 34.4 Å². The molecule has 0 N–H and O–H groups in total. The van der Waals surface area contributed by atoms with Crippen LogP contribution in [0.2, 0.25) is 5.02 Å². The number of halogens is 3. The minimum atomic E-state index is -0.245. The van der Waals surface area contributed by atoms with Crippen molar-refractivity contribution in [2.75, 3.05) is 5.88 Å². The zero-order chi connectivity index (χ0) is 14.8. The van der Waals surface area contributed by atoms with Crippen LogP contribution >= 0.6 is 23.2 Å². The third kappa shape index (κ3) is 2.87. The zero-order valence-corrected chi connectivity index (χ0v) is 12.6. The summed E-state index contributed by atoms with van der Waals surface area (Å²) in [6.45, 7) is 0.365. The predicted molar refractivity (Wildman–Crippen MR) is 82.5 cm³/mol. The maximum atomic E-state index is 13.9. The van der Waals surface area contributed by atoms with Gasteiger partial charge in [-0.1, -0.05) is 29.8 Å². The fraction of sp³-hybridized carbons (Fsp3) is 0.200. The van der Waals surface area contributed by atoms with Gasteiger partial charge < -0.3 is 4.57 Å². The number of nitrogens with zero attached hydrogens (tertiary/aromatic N) is 3. The van der Waals surface area contributed by atoms with Crippen molar-refractivity contribution in [3.8, 4) is 0 Å². The second-order valence-electron chi connectivity index (χ2n) is 4.64. The van der Waals surface area contributed by atoms with E-state index in [9.17, 15) is 4.39 Å². The summed E-state index contributed by atoms with van der Waals surface area (Å²) in [4.78, 5) is 8.81. The van der Waals surface area contributed by atoms with E-state index < -0.39 is 0 Å². The highest BCUT2D eigenvalue weighted by Gasteiger charge is 2.13. The number of imidazole rings is 1. The van der Waals surface area contributed by atoms with Gasteiger partial charge in [0.15, 0.2) is 5.65 Å². The highest BCUT2D eigenvalue weighted by atomic mass is 35.5. The van der Waals surface area contributed by atoms with Crippen molar-refractivity contribution in [3.05, 3.63) is 58.8 Å². The molecule has 0 amide bonds. The molecule has 0 bridgehead atoms. The molecule has 2 aromatic heterocycles. The van der Waals surface area contributed by atoms with E-state index in [1.165, 1.54) is 6.07 Å². The van der Waals surface area contributed by atoms with Crippen LogP contribution in [0.5, 0.6) is 0 Å². The SMILES string of the molecule is Fc1ccccc1Cn1c(CCCl)nc2cc(Cl)cnc21.